The molecule has 0 saturated carbocycles. The molecule has 2 rings (SSSR count). The molecule has 1 aromatic carbocycles. The molecule has 1 amide bonds. The van der Waals surface area contributed by atoms with E-state index in [9.17, 15) is 9.59 Å². The van der Waals surface area contributed by atoms with Crippen LogP contribution in [0.25, 0.3) is 6.08 Å². The molecule has 0 bridgehead atoms. The number of amides is 1. The number of hydrogen-bond acceptors (Lipinski definition) is 4. The highest BCUT2D eigenvalue weighted by Gasteiger charge is 2.11. The molecule has 21 heavy (non-hydrogen) atoms. The van der Waals surface area contributed by atoms with Gasteiger partial charge in [-0.05, 0) is 30.3 Å². The average molecular weight is 287 g/mol. The highest BCUT2D eigenvalue weighted by atomic mass is 16.5. The summed E-state index contributed by atoms with van der Waals surface area (Å²) in [7, 11) is 1.37. The summed E-state index contributed by atoms with van der Waals surface area (Å²) in [5.74, 6) is -0.724. The number of carboxylic acid groups (broad SMARTS) is 1. The standard InChI is InChI=1S/C15H13NO5/c1-20-13-9-10(4-6-12(13)15(18)19)16-14(17)7-5-11-3-2-8-21-11/h2-9H,1H3,(H,16,17)(H,18,19)/b7-5+. The number of carbonyl (C=O) groups excluding carboxylic acids is 1. The van der Waals surface area contributed by atoms with Gasteiger partial charge >= 0.3 is 5.97 Å². The van der Waals surface area contributed by atoms with E-state index in [1.54, 1.807) is 12.1 Å². The molecule has 2 N–H and O–H groups in total. The minimum absolute atomic E-state index is 0.0293. The minimum Gasteiger partial charge on any atom is -0.496 e. The van der Waals surface area contributed by atoms with Crippen LogP contribution in [-0.2, 0) is 4.79 Å². The van der Waals surface area contributed by atoms with E-state index in [1.807, 2.05) is 0 Å². The van der Waals surface area contributed by atoms with Crippen molar-refractivity contribution in [3.63, 3.8) is 0 Å². The first kappa shape index (κ1) is 14.4. The van der Waals surface area contributed by atoms with E-state index in [0.717, 1.165) is 0 Å². The zero-order valence-electron chi connectivity index (χ0n) is 11.2. The number of aromatic carboxylic acids is 1. The first-order valence-corrected chi connectivity index (χ1v) is 6.04. The predicted octanol–water partition coefficient (Wildman–Crippen LogP) is 2.64. The molecule has 0 aliphatic heterocycles. The van der Waals surface area contributed by atoms with Crippen molar-refractivity contribution in [3.05, 3.63) is 54.0 Å². The van der Waals surface area contributed by atoms with Crippen LogP contribution in [0.3, 0.4) is 0 Å². The molecule has 0 saturated heterocycles. The fourth-order valence-electron chi connectivity index (χ4n) is 1.67. The number of methoxy groups -OCH3 is 1. The van der Waals surface area contributed by atoms with Gasteiger partial charge in [-0.25, -0.2) is 4.79 Å². The maximum atomic E-state index is 11.7. The van der Waals surface area contributed by atoms with Crippen LogP contribution in [0.15, 0.2) is 47.1 Å². The maximum Gasteiger partial charge on any atom is 0.339 e. The van der Waals surface area contributed by atoms with Crippen LogP contribution in [0.2, 0.25) is 0 Å². The van der Waals surface area contributed by atoms with Crippen molar-refractivity contribution < 1.29 is 23.8 Å². The summed E-state index contributed by atoms with van der Waals surface area (Å²) in [5.41, 5.74) is 0.465. The van der Waals surface area contributed by atoms with E-state index < -0.39 is 5.97 Å². The summed E-state index contributed by atoms with van der Waals surface area (Å²) in [6.45, 7) is 0. The van der Waals surface area contributed by atoms with Gasteiger partial charge in [0, 0.05) is 17.8 Å². The Balaban J connectivity index is 2.09. The Hall–Kier alpha value is -3.02. The van der Waals surface area contributed by atoms with Crippen LogP contribution in [0.1, 0.15) is 16.1 Å². The molecule has 0 atom stereocenters. The Bertz CT molecular complexity index is 673. The Morgan fingerprint density at radius 1 is 1.33 bits per heavy atom. The van der Waals surface area contributed by atoms with Crippen molar-refractivity contribution in [1.82, 2.24) is 0 Å². The first-order chi connectivity index (χ1) is 10.1. The number of furan rings is 1. The third-order valence-electron chi connectivity index (χ3n) is 2.64. The fraction of sp³-hybridized carbons (Fsp3) is 0.0667. The number of rotatable bonds is 5. The van der Waals surface area contributed by atoms with Crippen LogP contribution in [0, 0.1) is 0 Å². The minimum atomic E-state index is -1.09. The molecule has 6 heteroatoms. The third-order valence-corrected chi connectivity index (χ3v) is 2.64. The van der Waals surface area contributed by atoms with E-state index >= 15 is 0 Å². The van der Waals surface area contributed by atoms with Gasteiger partial charge in [-0.15, -0.1) is 0 Å². The van der Waals surface area contributed by atoms with E-state index in [1.165, 1.54) is 43.7 Å². The summed E-state index contributed by atoms with van der Waals surface area (Å²) >= 11 is 0. The molecular weight excluding hydrogens is 274 g/mol. The summed E-state index contributed by atoms with van der Waals surface area (Å²) in [5, 5.41) is 11.6. The van der Waals surface area contributed by atoms with Crippen molar-refractivity contribution in [2.24, 2.45) is 0 Å². The van der Waals surface area contributed by atoms with Crippen LogP contribution in [-0.4, -0.2) is 24.1 Å². The molecule has 0 fully saturated rings. The van der Waals surface area contributed by atoms with Crippen LogP contribution >= 0.6 is 0 Å². The number of benzene rings is 1. The number of carbonyl (C=O) groups is 2. The zero-order chi connectivity index (χ0) is 15.2. The molecule has 6 nitrogen and oxygen atoms in total. The largest absolute Gasteiger partial charge is 0.496 e. The van der Waals surface area contributed by atoms with Crippen LogP contribution in [0.4, 0.5) is 5.69 Å². The van der Waals surface area contributed by atoms with Gasteiger partial charge in [-0.1, -0.05) is 0 Å². The molecule has 0 spiro atoms. The number of anilines is 1. The Morgan fingerprint density at radius 2 is 2.14 bits per heavy atom. The second kappa shape index (κ2) is 6.42. The van der Waals surface area contributed by atoms with Gasteiger partial charge in [0.15, 0.2) is 0 Å². The van der Waals surface area contributed by atoms with Gasteiger partial charge in [0.1, 0.15) is 17.1 Å². The summed E-state index contributed by atoms with van der Waals surface area (Å²) in [6, 6.07) is 7.74. The molecule has 0 aliphatic carbocycles. The Labute approximate surface area is 120 Å². The van der Waals surface area contributed by atoms with Gasteiger partial charge in [0.25, 0.3) is 0 Å². The van der Waals surface area contributed by atoms with Crippen LogP contribution < -0.4 is 10.1 Å². The van der Waals surface area contributed by atoms with E-state index in [-0.39, 0.29) is 17.2 Å². The lowest BCUT2D eigenvalue weighted by molar-refractivity contribution is -0.111. The van der Waals surface area contributed by atoms with Gasteiger partial charge in [-0.2, -0.15) is 0 Å². The van der Waals surface area contributed by atoms with Crippen molar-refractivity contribution in [2.75, 3.05) is 12.4 Å². The second-order valence-electron chi connectivity index (χ2n) is 4.06. The topological polar surface area (TPSA) is 88.8 Å². The number of ether oxygens (including phenoxy) is 1. The molecular formula is C15H13NO5. The van der Waals surface area contributed by atoms with Crippen molar-refractivity contribution in [2.45, 2.75) is 0 Å². The maximum absolute atomic E-state index is 11.7. The fourth-order valence-corrected chi connectivity index (χ4v) is 1.67. The first-order valence-electron chi connectivity index (χ1n) is 6.04. The smallest absolute Gasteiger partial charge is 0.339 e. The van der Waals surface area contributed by atoms with Crippen molar-refractivity contribution in [3.8, 4) is 5.75 Å². The summed E-state index contributed by atoms with van der Waals surface area (Å²) < 4.78 is 10.0. The van der Waals surface area contributed by atoms with Crippen molar-refractivity contribution in [1.29, 1.82) is 0 Å². The number of nitrogens with one attached hydrogen (secondary N) is 1. The van der Waals surface area contributed by atoms with E-state index in [0.29, 0.717) is 11.4 Å². The normalized spacial score (nSPS) is 10.5. The number of hydrogen-bond donors (Lipinski definition) is 2. The molecule has 2 aromatic rings. The van der Waals surface area contributed by atoms with Crippen LogP contribution in [0.5, 0.6) is 5.75 Å². The summed E-state index contributed by atoms with van der Waals surface area (Å²) in [6.07, 6.45) is 4.35. The monoisotopic (exact) mass is 287 g/mol. The Morgan fingerprint density at radius 3 is 2.76 bits per heavy atom. The molecule has 0 aliphatic rings. The lowest BCUT2D eigenvalue weighted by Crippen LogP contribution is -2.09. The van der Waals surface area contributed by atoms with Gasteiger partial charge in [0.2, 0.25) is 5.91 Å². The van der Waals surface area contributed by atoms with E-state index in [2.05, 4.69) is 5.32 Å². The van der Waals surface area contributed by atoms with Gasteiger partial charge < -0.3 is 19.6 Å². The quantitative estimate of drug-likeness (QED) is 0.825. The molecule has 1 aromatic heterocycles. The SMILES string of the molecule is COc1cc(NC(=O)/C=C/c2ccco2)ccc1C(=O)O. The highest BCUT2D eigenvalue weighted by molar-refractivity contribution is 6.02. The third kappa shape index (κ3) is 3.73. The predicted molar refractivity (Wildman–Crippen MR) is 76.3 cm³/mol. The zero-order valence-corrected chi connectivity index (χ0v) is 11.2. The lowest BCUT2D eigenvalue weighted by Gasteiger charge is -2.08. The summed E-state index contributed by atoms with van der Waals surface area (Å²) in [4.78, 5) is 22.7. The lowest BCUT2D eigenvalue weighted by atomic mass is 10.2. The second-order valence-corrected chi connectivity index (χ2v) is 4.06. The number of carboxylic acids is 1. The molecule has 0 radical (unpaired) electrons. The van der Waals surface area contributed by atoms with Crippen molar-refractivity contribution >= 4 is 23.6 Å². The average Bonchev–Trinajstić information content (AvgIpc) is 2.98. The molecule has 0 unspecified atom stereocenters. The molecule has 108 valence electrons. The van der Waals surface area contributed by atoms with Gasteiger partial charge in [0.05, 0.1) is 13.4 Å². The molecule has 1 heterocycles. The van der Waals surface area contributed by atoms with Gasteiger partial charge in [-0.3, -0.25) is 4.79 Å². The Kier molecular flexibility index (Phi) is 4.40. The highest BCUT2D eigenvalue weighted by Crippen LogP contribution is 2.23. The van der Waals surface area contributed by atoms with E-state index in [4.69, 9.17) is 14.3 Å².